The third-order valence-electron chi connectivity index (χ3n) is 3.51. The fourth-order valence-electron chi connectivity index (χ4n) is 2.31. The molecule has 122 valence electrons. The Morgan fingerprint density at radius 1 is 1.17 bits per heavy atom. The number of ether oxygens (including phenoxy) is 1. The summed E-state index contributed by atoms with van der Waals surface area (Å²) in [6.45, 7) is 6.28. The van der Waals surface area contributed by atoms with Crippen LogP contribution in [0.3, 0.4) is 0 Å². The van der Waals surface area contributed by atoms with E-state index in [1.165, 1.54) is 4.57 Å². The number of para-hydroxylation sites is 1. The number of hydrogen-bond acceptors (Lipinski definition) is 3. The Bertz CT molecular complexity index is 730. The second kappa shape index (κ2) is 7.63. The molecular formula is C18H22N2O3. The average Bonchev–Trinajstić information content (AvgIpc) is 2.52. The molecule has 5 heteroatoms. The molecule has 2 aromatic rings. The maximum Gasteiger partial charge on any atom is 0.293 e. The maximum atomic E-state index is 12.3. The minimum absolute atomic E-state index is 0.0457. The van der Waals surface area contributed by atoms with Crippen LogP contribution in [0.15, 0.2) is 41.3 Å². The first-order valence-corrected chi connectivity index (χ1v) is 7.71. The van der Waals surface area contributed by atoms with Gasteiger partial charge in [-0.25, -0.2) is 0 Å². The molecule has 1 heterocycles. The largest absolute Gasteiger partial charge is 0.488 e. The van der Waals surface area contributed by atoms with Gasteiger partial charge in [0.05, 0.1) is 6.61 Å². The van der Waals surface area contributed by atoms with Gasteiger partial charge in [-0.2, -0.15) is 0 Å². The molecule has 0 unspecified atom stereocenters. The van der Waals surface area contributed by atoms with E-state index in [2.05, 4.69) is 5.32 Å². The van der Waals surface area contributed by atoms with E-state index < -0.39 is 0 Å². The number of rotatable bonds is 6. The Morgan fingerprint density at radius 3 is 2.52 bits per heavy atom. The number of pyridine rings is 1. The first-order chi connectivity index (χ1) is 11.0. The number of aromatic nitrogens is 1. The molecule has 1 amide bonds. The van der Waals surface area contributed by atoms with Crippen molar-refractivity contribution in [1.82, 2.24) is 4.57 Å². The molecule has 0 aliphatic rings. The van der Waals surface area contributed by atoms with Crippen LogP contribution in [0.2, 0.25) is 0 Å². The van der Waals surface area contributed by atoms with Crippen molar-refractivity contribution >= 4 is 11.6 Å². The van der Waals surface area contributed by atoms with Crippen LogP contribution in [0.1, 0.15) is 24.5 Å². The van der Waals surface area contributed by atoms with Gasteiger partial charge >= 0.3 is 0 Å². The van der Waals surface area contributed by atoms with Gasteiger partial charge in [0.15, 0.2) is 5.75 Å². The number of aryl methyl sites for hydroxylation is 2. The van der Waals surface area contributed by atoms with E-state index in [4.69, 9.17) is 4.74 Å². The quantitative estimate of drug-likeness (QED) is 0.892. The van der Waals surface area contributed by atoms with E-state index in [1.807, 2.05) is 39.0 Å². The molecular weight excluding hydrogens is 292 g/mol. The lowest BCUT2D eigenvalue weighted by Gasteiger charge is -2.13. The Labute approximate surface area is 135 Å². The number of carbonyl (C=O) groups excluding carboxylic acids is 1. The van der Waals surface area contributed by atoms with Crippen molar-refractivity contribution in [2.75, 3.05) is 11.9 Å². The molecule has 0 aliphatic carbocycles. The Hall–Kier alpha value is -2.56. The molecule has 0 saturated heterocycles. The smallest absolute Gasteiger partial charge is 0.293 e. The van der Waals surface area contributed by atoms with Crippen LogP contribution in [-0.4, -0.2) is 17.1 Å². The topological polar surface area (TPSA) is 60.3 Å². The molecule has 1 aromatic carbocycles. The molecule has 1 N–H and O–H groups in total. The first kappa shape index (κ1) is 16.8. The van der Waals surface area contributed by atoms with E-state index in [0.717, 1.165) is 23.2 Å². The van der Waals surface area contributed by atoms with Gasteiger partial charge in [0.2, 0.25) is 5.91 Å². The van der Waals surface area contributed by atoms with Crippen LogP contribution in [-0.2, 0) is 11.3 Å². The van der Waals surface area contributed by atoms with Gasteiger partial charge in [-0.05, 0) is 43.5 Å². The lowest BCUT2D eigenvalue weighted by molar-refractivity contribution is -0.116. The molecule has 2 rings (SSSR count). The van der Waals surface area contributed by atoms with Gasteiger partial charge in [-0.1, -0.05) is 25.1 Å². The van der Waals surface area contributed by atoms with Gasteiger partial charge in [0.25, 0.3) is 5.56 Å². The first-order valence-electron chi connectivity index (χ1n) is 7.71. The summed E-state index contributed by atoms with van der Waals surface area (Å²) in [6.07, 6.45) is 2.41. The lowest BCUT2D eigenvalue weighted by Crippen LogP contribution is -2.28. The van der Waals surface area contributed by atoms with Crippen LogP contribution in [0.4, 0.5) is 5.69 Å². The predicted octanol–water partition coefficient (Wildman–Crippen LogP) is 2.89. The predicted molar refractivity (Wildman–Crippen MR) is 91.0 cm³/mol. The fourth-order valence-corrected chi connectivity index (χ4v) is 2.31. The van der Waals surface area contributed by atoms with Gasteiger partial charge in [-0.3, -0.25) is 9.59 Å². The van der Waals surface area contributed by atoms with E-state index in [0.29, 0.717) is 6.61 Å². The summed E-state index contributed by atoms with van der Waals surface area (Å²) in [5.41, 5.74) is 2.48. The van der Waals surface area contributed by atoms with Crippen LogP contribution in [0.25, 0.3) is 0 Å². The lowest BCUT2D eigenvalue weighted by atomic mass is 10.1. The minimum atomic E-state index is -0.294. The highest BCUT2D eigenvalue weighted by molar-refractivity contribution is 5.92. The monoisotopic (exact) mass is 314 g/mol. The molecule has 0 aliphatic heterocycles. The minimum Gasteiger partial charge on any atom is -0.488 e. The zero-order valence-corrected chi connectivity index (χ0v) is 13.8. The molecule has 1 aromatic heterocycles. The van der Waals surface area contributed by atoms with Crippen LogP contribution in [0.5, 0.6) is 5.75 Å². The van der Waals surface area contributed by atoms with Gasteiger partial charge in [-0.15, -0.1) is 0 Å². The van der Waals surface area contributed by atoms with Crippen molar-refractivity contribution in [1.29, 1.82) is 0 Å². The SMILES string of the molecule is CCCOc1cccn(CC(=O)Nc2c(C)cccc2C)c1=O. The molecule has 0 radical (unpaired) electrons. The van der Waals surface area contributed by atoms with E-state index in [9.17, 15) is 9.59 Å². The van der Waals surface area contributed by atoms with Crippen molar-refractivity contribution in [2.45, 2.75) is 33.7 Å². The van der Waals surface area contributed by atoms with Gasteiger partial charge < -0.3 is 14.6 Å². The summed E-state index contributed by atoms with van der Waals surface area (Å²) in [5.74, 6) is 0.0337. The number of anilines is 1. The maximum absolute atomic E-state index is 12.3. The summed E-state index contributed by atoms with van der Waals surface area (Å²) in [4.78, 5) is 24.5. The zero-order valence-electron chi connectivity index (χ0n) is 13.8. The highest BCUT2D eigenvalue weighted by atomic mass is 16.5. The second-order valence-electron chi connectivity index (χ2n) is 5.47. The molecule has 0 fully saturated rings. The summed E-state index contributed by atoms with van der Waals surface area (Å²) < 4.78 is 6.75. The summed E-state index contributed by atoms with van der Waals surface area (Å²) >= 11 is 0. The van der Waals surface area contributed by atoms with Crippen molar-refractivity contribution in [3.63, 3.8) is 0 Å². The fraction of sp³-hybridized carbons (Fsp3) is 0.333. The molecule has 0 atom stereocenters. The van der Waals surface area contributed by atoms with E-state index in [-0.39, 0.29) is 23.8 Å². The summed E-state index contributed by atoms with van der Waals surface area (Å²) in [7, 11) is 0. The van der Waals surface area contributed by atoms with Crippen molar-refractivity contribution in [3.05, 3.63) is 58.0 Å². The van der Waals surface area contributed by atoms with Crippen LogP contribution >= 0.6 is 0 Å². The average molecular weight is 314 g/mol. The number of nitrogens with zero attached hydrogens (tertiary/aromatic N) is 1. The number of hydrogen-bond donors (Lipinski definition) is 1. The van der Waals surface area contributed by atoms with Crippen molar-refractivity contribution < 1.29 is 9.53 Å². The van der Waals surface area contributed by atoms with Crippen molar-refractivity contribution in [3.8, 4) is 5.75 Å². The summed E-state index contributed by atoms with van der Waals surface area (Å²) in [6, 6.07) is 9.15. The molecule has 0 saturated carbocycles. The normalized spacial score (nSPS) is 10.4. The Kier molecular flexibility index (Phi) is 5.57. The molecule has 0 bridgehead atoms. The zero-order chi connectivity index (χ0) is 16.8. The third kappa shape index (κ3) is 4.22. The van der Waals surface area contributed by atoms with E-state index >= 15 is 0 Å². The number of nitrogens with one attached hydrogen (secondary N) is 1. The molecule has 0 spiro atoms. The highest BCUT2D eigenvalue weighted by Crippen LogP contribution is 2.19. The standard InChI is InChI=1S/C18H22N2O3/c1-4-11-23-15-9-6-10-20(18(15)22)12-16(21)19-17-13(2)7-5-8-14(17)3/h5-10H,4,11-12H2,1-3H3,(H,19,21). The van der Waals surface area contributed by atoms with Gasteiger partial charge in [0, 0.05) is 11.9 Å². The Balaban J connectivity index is 2.13. The van der Waals surface area contributed by atoms with Crippen molar-refractivity contribution in [2.24, 2.45) is 0 Å². The number of carbonyl (C=O) groups is 1. The van der Waals surface area contributed by atoms with Crippen LogP contribution in [0, 0.1) is 13.8 Å². The molecule has 23 heavy (non-hydrogen) atoms. The van der Waals surface area contributed by atoms with E-state index in [1.54, 1.807) is 18.3 Å². The van der Waals surface area contributed by atoms with Crippen LogP contribution < -0.4 is 15.6 Å². The number of benzene rings is 1. The second-order valence-corrected chi connectivity index (χ2v) is 5.47. The number of amides is 1. The highest BCUT2D eigenvalue weighted by Gasteiger charge is 2.10. The summed E-state index contributed by atoms with van der Waals surface area (Å²) in [5, 5.41) is 2.88. The van der Waals surface area contributed by atoms with Gasteiger partial charge in [0.1, 0.15) is 6.54 Å². The third-order valence-corrected chi connectivity index (χ3v) is 3.51. The molecule has 5 nitrogen and oxygen atoms in total. The Morgan fingerprint density at radius 2 is 1.87 bits per heavy atom.